The zero-order valence-electron chi connectivity index (χ0n) is 10.9. The first-order valence-electron chi connectivity index (χ1n) is 5.97. The number of aliphatic carboxylic acids is 1. The van der Waals surface area contributed by atoms with Gasteiger partial charge in [-0.25, -0.2) is 4.39 Å². The van der Waals surface area contributed by atoms with Crippen LogP contribution in [0.4, 0.5) is 10.1 Å². The summed E-state index contributed by atoms with van der Waals surface area (Å²) in [7, 11) is 1.79. The Morgan fingerprint density at radius 3 is 2.84 bits per heavy atom. The van der Waals surface area contributed by atoms with Crippen molar-refractivity contribution in [2.45, 2.75) is 13.3 Å². The number of nitrogens with zero attached hydrogens (tertiary/aromatic N) is 2. The lowest BCUT2D eigenvalue weighted by Gasteiger charge is -2.20. The van der Waals surface area contributed by atoms with E-state index in [4.69, 9.17) is 5.11 Å². The van der Waals surface area contributed by atoms with Gasteiger partial charge in [-0.3, -0.25) is 9.78 Å². The number of anilines is 1. The summed E-state index contributed by atoms with van der Waals surface area (Å²) >= 11 is 0. The molecule has 1 N–H and O–H groups in total. The summed E-state index contributed by atoms with van der Waals surface area (Å²) in [6.07, 6.45) is 0.0364. The fourth-order valence-corrected chi connectivity index (χ4v) is 2.01. The maximum Gasteiger partial charge on any atom is 0.305 e. The van der Waals surface area contributed by atoms with Crippen molar-refractivity contribution in [1.82, 2.24) is 4.98 Å². The van der Waals surface area contributed by atoms with E-state index >= 15 is 0 Å². The van der Waals surface area contributed by atoms with Crippen molar-refractivity contribution in [3.05, 3.63) is 35.8 Å². The number of aromatic nitrogens is 1. The first-order chi connectivity index (χ1) is 8.97. The van der Waals surface area contributed by atoms with Crippen LogP contribution in [0.15, 0.2) is 24.3 Å². The molecule has 0 radical (unpaired) electrons. The molecule has 5 heteroatoms. The molecule has 19 heavy (non-hydrogen) atoms. The third-order valence-electron chi connectivity index (χ3n) is 2.95. The largest absolute Gasteiger partial charge is 0.481 e. The number of pyridine rings is 1. The van der Waals surface area contributed by atoms with E-state index in [1.807, 2.05) is 17.9 Å². The monoisotopic (exact) mass is 262 g/mol. The van der Waals surface area contributed by atoms with E-state index < -0.39 is 5.97 Å². The summed E-state index contributed by atoms with van der Waals surface area (Å²) in [6.45, 7) is 2.22. The first-order valence-corrected chi connectivity index (χ1v) is 5.97. The Balaban J connectivity index is 2.45. The fourth-order valence-electron chi connectivity index (χ4n) is 2.01. The smallest absolute Gasteiger partial charge is 0.305 e. The van der Waals surface area contributed by atoms with Gasteiger partial charge in [0.15, 0.2) is 0 Å². The molecule has 0 aliphatic heterocycles. The number of aryl methyl sites for hydroxylation is 1. The predicted octanol–water partition coefficient (Wildman–Crippen LogP) is 2.59. The maximum atomic E-state index is 13.4. The fraction of sp³-hybridized carbons (Fsp3) is 0.286. The van der Waals surface area contributed by atoms with E-state index in [1.165, 1.54) is 12.1 Å². The topological polar surface area (TPSA) is 53.4 Å². The molecule has 4 nitrogen and oxygen atoms in total. The Morgan fingerprint density at radius 2 is 2.16 bits per heavy atom. The Kier molecular flexibility index (Phi) is 3.64. The minimum Gasteiger partial charge on any atom is -0.481 e. The number of fused-ring (bicyclic) bond motifs is 1. The number of carboxylic acid groups (broad SMARTS) is 1. The van der Waals surface area contributed by atoms with Crippen molar-refractivity contribution in [2.75, 3.05) is 18.5 Å². The molecule has 0 spiro atoms. The van der Waals surface area contributed by atoms with Gasteiger partial charge in [-0.15, -0.1) is 0 Å². The predicted molar refractivity (Wildman–Crippen MR) is 72.0 cm³/mol. The molecule has 0 aliphatic carbocycles. The third kappa shape index (κ3) is 2.99. The molecule has 2 rings (SSSR count). The number of carboxylic acids is 1. The second-order valence-electron chi connectivity index (χ2n) is 4.51. The normalized spacial score (nSPS) is 10.7. The molecule has 1 heterocycles. The number of hydrogen-bond donors (Lipinski definition) is 1. The van der Waals surface area contributed by atoms with E-state index in [0.717, 1.165) is 11.4 Å². The molecule has 0 unspecified atom stereocenters. The van der Waals surface area contributed by atoms with Crippen molar-refractivity contribution < 1.29 is 14.3 Å². The van der Waals surface area contributed by atoms with Gasteiger partial charge in [-0.05, 0) is 31.2 Å². The molecule has 1 aromatic carbocycles. The molecule has 0 fully saturated rings. The summed E-state index contributed by atoms with van der Waals surface area (Å²) in [5.41, 5.74) is 2.32. The lowest BCUT2D eigenvalue weighted by molar-refractivity contribution is -0.136. The highest BCUT2D eigenvalue weighted by molar-refractivity contribution is 5.92. The van der Waals surface area contributed by atoms with Gasteiger partial charge in [0.2, 0.25) is 0 Å². The number of rotatable bonds is 4. The van der Waals surface area contributed by atoms with Crippen LogP contribution in [0.3, 0.4) is 0 Å². The summed E-state index contributed by atoms with van der Waals surface area (Å²) in [5, 5.41) is 9.42. The molecule has 100 valence electrons. The van der Waals surface area contributed by atoms with Crippen LogP contribution in [0.2, 0.25) is 0 Å². The van der Waals surface area contributed by atoms with Crippen molar-refractivity contribution >= 4 is 22.6 Å². The molecule has 0 aliphatic rings. The molecule has 0 saturated carbocycles. The second-order valence-corrected chi connectivity index (χ2v) is 4.51. The quantitative estimate of drug-likeness (QED) is 0.920. The highest BCUT2D eigenvalue weighted by atomic mass is 19.1. The summed E-state index contributed by atoms with van der Waals surface area (Å²) < 4.78 is 13.4. The van der Waals surface area contributed by atoms with Gasteiger partial charge in [0.25, 0.3) is 0 Å². The molecule has 0 bridgehead atoms. The Hall–Kier alpha value is -2.17. The standard InChI is InChI=1S/C14H15FN2O2/c1-9-7-13(17(2)6-5-14(18)19)11-8-10(15)3-4-12(11)16-9/h3-4,7-8H,5-6H2,1-2H3,(H,18,19). The number of halogens is 1. The SMILES string of the molecule is Cc1cc(N(C)CCC(=O)O)c2cc(F)ccc2n1. The zero-order valence-corrected chi connectivity index (χ0v) is 10.9. The van der Waals surface area contributed by atoms with E-state index in [2.05, 4.69) is 4.98 Å². The van der Waals surface area contributed by atoms with Gasteiger partial charge < -0.3 is 10.0 Å². The lowest BCUT2D eigenvalue weighted by Crippen LogP contribution is -2.21. The maximum absolute atomic E-state index is 13.4. The first kappa shape index (κ1) is 13.3. The van der Waals surface area contributed by atoms with Crippen molar-refractivity contribution in [2.24, 2.45) is 0 Å². The van der Waals surface area contributed by atoms with Crippen LogP contribution in [0, 0.1) is 12.7 Å². The lowest BCUT2D eigenvalue weighted by atomic mass is 10.1. The molecule has 0 amide bonds. The number of benzene rings is 1. The summed E-state index contributed by atoms with van der Waals surface area (Å²) in [5.74, 6) is -1.18. The Morgan fingerprint density at radius 1 is 1.42 bits per heavy atom. The van der Waals surface area contributed by atoms with E-state index in [-0.39, 0.29) is 12.2 Å². The molecule has 1 aromatic heterocycles. The van der Waals surface area contributed by atoms with Crippen LogP contribution in [0.25, 0.3) is 10.9 Å². The zero-order chi connectivity index (χ0) is 14.0. The van der Waals surface area contributed by atoms with Crippen LogP contribution in [0.1, 0.15) is 12.1 Å². The van der Waals surface area contributed by atoms with Crippen LogP contribution < -0.4 is 4.90 Å². The minimum atomic E-state index is -0.854. The molecule has 0 saturated heterocycles. The van der Waals surface area contributed by atoms with Gasteiger partial charge in [0, 0.05) is 30.4 Å². The van der Waals surface area contributed by atoms with Crippen LogP contribution in [-0.2, 0) is 4.79 Å². The molecular weight excluding hydrogens is 247 g/mol. The van der Waals surface area contributed by atoms with Gasteiger partial charge in [-0.2, -0.15) is 0 Å². The highest BCUT2D eigenvalue weighted by Gasteiger charge is 2.10. The molecule has 0 atom stereocenters. The van der Waals surface area contributed by atoms with Crippen molar-refractivity contribution in [3.63, 3.8) is 0 Å². The van der Waals surface area contributed by atoms with Gasteiger partial charge >= 0.3 is 5.97 Å². The minimum absolute atomic E-state index is 0.0364. The molecular formula is C14H15FN2O2. The highest BCUT2D eigenvalue weighted by Crippen LogP contribution is 2.26. The number of hydrogen-bond acceptors (Lipinski definition) is 3. The van der Waals surface area contributed by atoms with Gasteiger partial charge in [-0.1, -0.05) is 0 Å². The second kappa shape index (κ2) is 5.22. The van der Waals surface area contributed by atoms with Gasteiger partial charge in [0.05, 0.1) is 11.9 Å². The summed E-state index contributed by atoms with van der Waals surface area (Å²) in [6, 6.07) is 6.26. The molecule has 2 aromatic rings. The number of carbonyl (C=O) groups is 1. The average molecular weight is 262 g/mol. The Labute approximate surface area is 110 Å². The van der Waals surface area contributed by atoms with Gasteiger partial charge in [0.1, 0.15) is 5.82 Å². The average Bonchev–Trinajstić information content (AvgIpc) is 2.35. The Bertz CT molecular complexity index is 628. The summed E-state index contributed by atoms with van der Waals surface area (Å²) in [4.78, 5) is 16.8. The van der Waals surface area contributed by atoms with Crippen LogP contribution >= 0.6 is 0 Å². The van der Waals surface area contributed by atoms with Crippen LogP contribution in [0.5, 0.6) is 0 Å². The van der Waals surface area contributed by atoms with Crippen LogP contribution in [-0.4, -0.2) is 29.7 Å². The van der Waals surface area contributed by atoms with E-state index in [1.54, 1.807) is 13.1 Å². The van der Waals surface area contributed by atoms with Crippen molar-refractivity contribution in [3.8, 4) is 0 Å². The van der Waals surface area contributed by atoms with Crippen molar-refractivity contribution in [1.29, 1.82) is 0 Å². The van der Waals surface area contributed by atoms with E-state index in [0.29, 0.717) is 17.4 Å². The third-order valence-corrected chi connectivity index (χ3v) is 2.95. The van der Waals surface area contributed by atoms with E-state index in [9.17, 15) is 9.18 Å².